The number of hydrogen-bond donors (Lipinski definition) is 0. The van der Waals surface area contributed by atoms with E-state index in [1.54, 1.807) is 0 Å². The van der Waals surface area contributed by atoms with Crippen LogP contribution in [0.3, 0.4) is 0 Å². The van der Waals surface area contributed by atoms with Crippen LogP contribution in [0.2, 0.25) is 0 Å². The quantitative estimate of drug-likeness (QED) is 0.140. The van der Waals surface area contributed by atoms with Crippen LogP contribution in [-0.4, -0.2) is 4.57 Å². The van der Waals surface area contributed by atoms with Crippen molar-refractivity contribution in [2.75, 3.05) is 4.90 Å². The van der Waals surface area contributed by atoms with Gasteiger partial charge in [0.05, 0.1) is 11.0 Å². The SMILES string of the molecule is c1ccc(-c2cc(-c3ccccc3)cc(-c3ccc(N(c4ccc(-c5ccc6sc7ccccc7c6c5)cc4)c4ccc(-c5ccc6c7ccccc7n(-c7ccccc7)c6c5)cc4)cc3)c2)cc1. The van der Waals surface area contributed by atoms with Crippen molar-refractivity contribution in [3.05, 3.63) is 267 Å². The van der Waals surface area contributed by atoms with Crippen molar-refractivity contribution >= 4 is 70.4 Å². The van der Waals surface area contributed by atoms with Crippen LogP contribution in [0.5, 0.6) is 0 Å². The molecule has 0 unspecified atom stereocenters. The van der Waals surface area contributed by atoms with E-state index in [4.69, 9.17) is 0 Å². The maximum Gasteiger partial charge on any atom is 0.0547 e. The lowest BCUT2D eigenvalue weighted by Crippen LogP contribution is -2.09. The number of nitrogens with zero attached hydrogens (tertiary/aromatic N) is 2. The Hall–Kier alpha value is -8.76. The molecule has 0 N–H and O–H groups in total. The first-order valence-electron chi connectivity index (χ1n) is 23.6. The highest BCUT2D eigenvalue weighted by molar-refractivity contribution is 7.25. The molecule has 69 heavy (non-hydrogen) atoms. The summed E-state index contributed by atoms with van der Waals surface area (Å²) in [4.78, 5) is 2.37. The number of aromatic nitrogens is 1. The Labute approximate surface area is 405 Å². The normalized spacial score (nSPS) is 11.5. The first kappa shape index (κ1) is 40.5. The molecular formula is C66H44N2S. The molecular weight excluding hydrogens is 853 g/mol. The van der Waals surface area contributed by atoms with Gasteiger partial charge in [0, 0.05) is 53.7 Å². The van der Waals surface area contributed by atoms with Gasteiger partial charge in [-0.05, 0) is 153 Å². The van der Waals surface area contributed by atoms with Gasteiger partial charge in [0.1, 0.15) is 0 Å². The Balaban J connectivity index is 0.894. The standard InChI is InChI=1S/C66H44N2S/c1-4-14-45(15-5-1)52-40-53(46-16-6-2-7-17-46)42-54(41-52)49-28-36-58(37-29-49)67(56-32-24-47(25-33-56)50-31-39-66-62(43-50)61-21-11-13-23-65(61)69-66)57-34-26-48(27-35-57)51-30-38-60-59-20-10-12-22-63(59)68(64(60)44-51)55-18-8-3-9-19-55/h1-44H. The van der Waals surface area contributed by atoms with E-state index in [2.05, 4.69) is 276 Å². The second-order valence-electron chi connectivity index (χ2n) is 17.7. The fraction of sp³-hybridized carbons (Fsp3) is 0. The summed E-state index contributed by atoms with van der Waals surface area (Å²) >= 11 is 1.86. The lowest BCUT2D eigenvalue weighted by atomic mass is 9.93. The number of anilines is 3. The van der Waals surface area contributed by atoms with Crippen LogP contribution in [0.15, 0.2) is 267 Å². The van der Waals surface area contributed by atoms with Crippen LogP contribution in [0.4, 0.5) is 17.1 Å². The fourth-order valence-electron chi connectivity index (χ4n) is 10.2. The predicted molar refractivity (Wildman–Crippen MR) is 296 cm³/mol. The van der Waals surface area contributed by atoms with Crippen LogP contribution in [0.25, 0.3) is 103 Å². The molecule has 11 aromatic carbocycles. The van der Waals surface area contributed by atoms with Crippen molar-refractivity contribution < 1.29 is 0 Å². The minimum Gasteiger partial charge on any atom is -0.311 e. The second kappa shape index (κ2) is 17.2. The number of hydrogen-bond acceptors (Lipinski definition) is 2. The van der Waals surface area contributed by atoms with Gasteiger partial charge in [0.25, 0.3) is 0 Å². The lowest BCUT2D eigenvalue weighted by molar-refractivity contribution is 1.18. The van der Waals surface area contributed by atoms with Crippen molar-refractivity contribution in [3.63, 3.8) is 0 Å². The molecule has 13 aromatic rings. The number of benzene rings is 11. The number of fused-ring (bicyclic) bond motifs is 6. The van der Waals surface area contributed by atoms with Crippen LogP contribution < -0.4 is 4.90 Å². The molecule has 0 aliphatic heterocycles. The number of rotatable bonds is 9. The zero-order chi connectivity index (χ0) is 45.7. The maximum atomic E-state index is 2.39. The Morgan fingerprint density at radius 2 is 0.652 bits per heavy atom. The van der Waals surface area contributed by atoms with Gasteiger partial charge >= 0.3 is 0 Å². The Morgan fingerprint density at radius 1 is 0.246 bits per heavy atom. The van der Waals surface area contributed by atoms with Gasteiger partial charge in [0.15, 0.2) is 0 Å². The largest absolute Gasteiger partial charge is 0.311 e. The first-order valence-corrected chi connectivity index (χ1v) is 24.4. The zero-order valence-corrected chi connectivity index (χ0v) is 38.5. The average molecular weight is 897 g/mol. The van der Waals surface area contributed by atoms with Gasteiger partial charge < -0.3 is 9.47 Å². The van der Waals surface area contributed by atoms with Crippen molar-refractivity contribution in [2.45, 2.75) is 0 Å². The topological polar surface area (TPSA) is 8.17 Å². The van der Waals surface area contributed by atoms with Crippen molar-refractivity contribution in [3.8, 4) is 61.3 Å². The van der Waals surface area contributed by atoms with Crippen LogP contribution >= 0.6 is 11.3 Å². The third-order valence-electron chi connectivity index (χ3n) is 13.6. The van der Waals surface area contributed by atoms with Crippen molar-refractivity contribution in [2.24, 2.45) is 0 Å². The van der Waals surface area contributed by atoms with E-state index < -0.39 is 0 Å². The highest BCUT2D eigenvalue weighted by atomic mass is 32.1. The summed E-state index contributed by atoms with van der Waals surface area (Å²) in [6.45, 7) is 0. The molecule has 2 nitrogen and oxygen atoms in total. The molecule has 0 aliphatic rings. The second-order valence-corrected chi connectivity index (χ2v) is 18.8. The van der Waals surface area contributed by atoms with Crippen LogP contribution in [-0.2, 0) is 0 Å². The molecule has 0 atom stereocenters. The van der Waals surface area contributed by atoms with Gasteiger partial charge in [0.2, 0.25) is 0 Å². The summed E-state index contributed by atoms with van der Waals surface area (Å²) in [6, 6.07) is 97.4. The summed E-state index contributed by atoms with van der Waals surface area (Å²) in [5, 5.41) is 5.13. The molecule has 0 radical (unpaired) electrons. The van der Waals surface area contributed by atoms with E-state index in [9.17, 15) is 0 Å². The minimum absolute atomic E-state index is 1.08. The third kappa shape index (κ3) is 7.47. The number of para-hydroxylation sites is 2. The molecule has 0 spiro atoms. The molecule has 3 heteroatoms. The molecule has 0 bridgehead atoms. The van der Waals surface area contributed by atoms with Gasteiger partial charge in [-0.15, -0.1) is 11.3 Å². The molecule has 0 fully saturated rings. The van der Waals surface area contributed by atoms with E-state index in [0.29, 0.717) is 0 Å². The number of thiophene rings is 1. The summed E-state index contributed by atoms with van der Waals surface area (Å²) in [6.07, 6.45) is 0. The molecule has 0 aliphatic carbocycles. The molecule has 0 amide bonds. The molecule has 0 saturated carbocycles. The van der Waals surface area contributed by atoms with E-state index in [-0.39, 0.29) is 0 Å². The highest BCUT2D eigenvalue weighted by Gasteiger charge is 2.17. The predicted octanol–water partition coefficient (Wildman–Crippen LogP) is 19.0. The summed E-state index contributed by atoms with van der Waals surface area (Å²) in [7, 11) is 0. The lowest BCUT2D eigenvalue weighted by Gasteiger charge is -2.26. The first-order chi connectivity index (χ1) is 34.2. The fourth-order valence-corrected chi connectivity index (χ4v) is 11.2. The Bertz CT molecular complexity index is 3910. The molecule has 2 heterocycles. The van der Waals surface area contributed by atoms with E-state index in [0.717, 1.165) is 22.7 Å². The Kier molecular flexibility index (Phi) is 10.1. The van der Waals surface area contributed by atoms with Crippen LogP contribution in [0, 0.1) is 0 Å². The van der Waals surface area contributed by atoms with Gasteiger partial charge in [-0.1, -0.05) is 170 Å². The summed E-state index contributed by atoms with van der Waals surface area (Å²) < 4.78 is 5.03. The summed E-state index contributed by atoms with van der Waals surface area (Å²) in [5.41, 5.74) is 18.7. The van der Waals surface area contributed by atoms with E-state index in [1.807, 2.05) is 11.3 Å². The van der Waals surface area contributed by atoms with Gasteiger partial charge in [-0.2, -0.15) is 0 Å². The highest BCUT2D eigenvalue weighted by Crippen LogP contribution is 2.42. The minimum atomic E-state index is 1.08. The molecule has 13 rings (SSSR count). The maximum absolute atomic E-state index is 2.39. The molecule has 324 valence electrons. The average Bonchev–Trinajstić information content (AvgIpc) is 3.97. The van der Waals surface area contributed by atoms with Gasteiger partial charge in [-0.3, -0.25) is 0 Å². The smallest absolute Gasteiger partial charge is 0.0547 e. The van der Waals surface area contributed by atoms with Crippen molar-refractivity contribution in [1.29, 1.82) is 0 Å². The zero-order valence-electron chi connectivity index (χ0n) is 37.7. The molecule has 2 aromatic heterocycles. The van der Waals surface area contributed by atoms with E-state index in [1.165, 1.54) is 97.6 Å². The van der Waals surface area contributed by atoms with Crippen LogP contribution in [0.1, 0.15) is 0 Å². The van der Waals surface area contributed by atoms with Crippen molar-refractivity contribution in [1.82, 2.24) is 4.57 Å². The molecule has 0 saturated heterocycles. The summed E-state index contributed by atoms with van der Waals surface area (Å²) in [5.74, 6) is 0. The monoisotopic (exact) mass is 896 g/mol. The third-order valence-corrected chi connectivity index (χ3v) is 14.7. The Morgan fingerprint density at radius 3 is 1.23 bits per heavy atom. The van der Waals surface area contributed by atoms with Gasteiger partial charge in [-0.25, -0.2) is 0 Å². The van der Waals surface area contributed by atoms with E-state index >= 15 is 0 Å².